The molecule has 1 heterocycles. The fourth-order valence-electron chi connectivity index (χ4n) is 2.74. The number of phenolic OH excluding ortho intramolecular Hbond substituents is 1. The number of rotatable bonds is 1. The van der Waals surface area contributed by atoms with Gasteiger partial charge in [0.05, 0.1) is 5.56 Å². The number of carbonyl (C=O) groups excluding carboxylic acids is 1. The van der Waals surface area contributed by atoms with Crippen LogP contribution in [-0.2, 0) is 5.60 Å². The average Bonchev–Trinajstić information content (AvgIpc) is 2.43. The van der Waals surface area contributed by atoms with Crippen LogP contribution in [0.4, 0.5) is 0 Å². The smallest absolute Gasteiger partial charge is 0.163 e. The minimum atomic E-state index is -0.558. The maximum Gasteiger partial charge on any atom is 0.163 e. The summed E-state index contributed by atoms with van der Waals surface area (Å²) in [6.07, 6.45) is 0. The number of fused-ring (bicyclic) bond motifs is 3. The summed E-state index contributed by atoms with van der Waals surface area (Å²) < 4.78 is 5.99. The Labute approximate surface area is 128 Å². The van der Waals surface area contributed by atoms with Gasteiger partial charge in [0.25, 0.3) is 0 Å². The van der Waals surface area contributed by atoms with Crippen molar-refractivity contribution in [1.29, 1.82) is 0 Å². The van der Waals surface area contributed by atoms with Crippen molar-refractivity contribution in [2.75, 3.05) is 0 Å². The predicted molar refractivity (Wildman–Crippen MR) is 82.2 cm³/mol. The minimum Gasteiger partial charge on any atom is -0.505 e. The maximum atomic E-state index is 11.7. The van der Waals surface area contributed by atoms with Gasteiger partial charge in [-0.2, -0.15) is 0 Å². The van der Waals surface area contributed by atoms with Crippen molar-refractivity contribution in [3.8, 4) is 22.6 Å². The summed E-state index contributed by atoms with van der Waals surface area (Å²) >= 11 is 6.23. The molecule has 0 aliphatic carbocycles. The fraction of sp³-hybridized carbons (Fsp3) is 0.235. The van der Waals surface area contributed by atoms with Crippen LogP contribution in [0, 0.1) is 0 Å². The van der Waals surface area contributed by atoms with Crippen LogP contribution in [0.2, 0.25) is 5.02 Å². The first-order chi connectivity index (χ1) is 9.83. The zero-order valence-corrected chi connectivity index (χ0v) is 12.8. The van der Waals surface area contributed by atoms with Gasteiger partial charge in [-0.1, -0.05) is 35.9 Å². The van der Waals surface area contributed by atoms with Gasteiger partial charge in [-0.15, -0.1) is 0 Å². The highest BCUT2D eigenvalue weighted by molar-refractivity contribution is 6.35. The highest BCUT2D eigenvalue weighted by atomic mass is 35.5. The molecule has 1 N–H and O–H groups in total. The molecule has 1 aliphatic rings. The first kappa shape index (κ1) is 14.0. The van der Waals surface area contributed by atoms with E-state index in [1.54, 1.807) is 6.07 Å². The number of hydrogen-bond acceptors (Lipinski definition) is 3. The molecule has 3 rings (SSSR count). The van der Waals surface area contributed by atoms with Gasteiger partial charge < -0.3 is 9.84 Å². The van der Waals surface area contributed by atoms with Crippen LogP contribution in [0.15, 0.2) is 30.3 Å². The molecule has 0 saturated carbocycles. The van der Waals surface area contributed by atoms with E-state index in [4.69, 9.17) is 16.3 Å². The Morgan fingerprint density at radius 2 is 1.90 bits per heavy atom. The second-order valence-corrected chi connectivity index (χ2v) is 6.06. The third-order valence-corrected chi connectivity index (χ3v) is 4.15. The lowest BCUT2D eigenvalue weighted by Crippen LogP contribution is -2.29. The molecule has 2 aromatic carbocycles. The van der Waals surface area contributed by atoms with E-state index < -0.39 is 5.60 Å². The Balaban J connectivity index is 2.38. The van der Waals surface area contributed by atoms with Gasteiger partial charge in [-0.05, 0) is 32.4 Å². The van der Waals surface area contributed by atoms with Crippen LogP contribution in [0.5, 0.6) is 11.5 Å². The zero-order valence-electron chi connectivity index (χ0n) is 12.0. The Kier molecular flexibility index (Phi) is 2.99. The number of carbonyl (C=O) groups is 1. The third-order valence-electron chi connectivity index (χ3n) is 3.80. The highest BCUT2D eigenvalue weighted by Gasteiger charge is 2.35. The SMILES string of the molecule is CC(=O)c1cc2c(c(Cl)c1O)OC(C)(C)c1ccccc1-2. The number of hydrogen-bond donors (Lipinski definition) is 1. The summed E-state index contributed by atoms with van der Waals surface area (Å²) in [5.74, 6) is -0.0412. The molecule has 1 aliphatic heterocycles. The molecule has 4 heteroatoms. The van der Waals surface area contributed by atoms with Crippen LogP contribution in [0.3, 0.4) is 0 Å². The lowest BCUT2D eigenvalue weighted by atomic mass is 9.85. The number of ketones is 1. The minimum absolute atomic E-state index is 0.0836. The predicted octanol–water partition coefficient (Wildman–Crippen LogP) is 4.54. The largest absolute Gasteiger partial charge is 0.505 e. The molecule has 3 nitrogen and oxygen atoms in total. The standard InChI is InChI=1S/C17H15ClO3/c1-9(19)11-8-12-10-6-4-5-7-13(10)17(2,3)21-16(12)14(18)15(11)20/h4-8,20H,1-3H3. The van der Waals surface area contributed by atoms with E-state index in [1.165, 1.54) is 6.92 Å². The van der Waals surface area contributed by atoms with E-state index >= 15 is 0 Å². The molecule has 0 aromatic heterocycles. The van der Waals surface area contributed by atoms with Crippen LogP contribution in [0.25, 0.3) is 11.1 Å². The van der Waals surface area contributed by atoms with Gasteiger partial charge in [0.1, 0.15) is 16.4 Å². The second-order valence-electron chi connectivity index (χ2n) is 5.68. The molecule has 0 atom stereocenters. The van der Waals surface area contributed by atoms with Crippen molar-refractivity contribution in [2.45, 2.75) is 26.4 Å². The van der Waals surface area contributed by atoms with Crippen LogP contribution in [-0.4, -0.2) is 10.9 Å². The van der Waals surface area contributed by atoms with E-state index in [-0.39, 0.29) is 22.1 Å². The van der Waals surface area contributed by atoms with E-state index in [1.807, 2.05) is 38.1 Å². The number of ether oxygens (including phenoxy) is 1. The molecule has 0 fully saturated rings. The molecule has 0 unspecified atom stereocenters. The molecule has 21 heavy (non-hydrogen) atoms. The van der Waals surface area contributed by atoms with Gasteiger partial charge >= 0.3 is 0 Å². The summed E-state index contributed by atoms with van der Waals surface area (Å²) in [6, 6.07) is 9.48. The zero-order chi connectivity index (χ0) is 15.4. The Morgan fingerprint density at radius 1 is 1.24 bits per heavy atom. The second kappa shape index (κ2) is 4.50. The van der Waals surface area contributed by atoms with Gasteiger partial charge in [-0.25, -0.2) is 0 Å². The summed E-state index contributed by atoms with van der Waals surface area (Å²) in [5.41, 5.74) is 2.37. The molecular formula is C17H15ClO3. The molecule has 0 spiro atoms. The van der Waals surface area contributed by atoms with E-state index in [0.29, 0.717) is 5.75 Å². The molecular weight excluding hydrogens is 288 g/mol. The summed E-state index contributed by atoms with van der Waals surface area (Å²) in [6.45, 7) is 5.29. The summed E-state index contributed by atoms with van der Waals surface area (Å²) in [7, 11) is 0. The number of phenols is 1. The Hall–Kier alpha value is -2.00. The molecule has 0 bridgehead atoms. The fourth-order valence-corrected chi connectivity index (χ4v) is 2.99. The Morgan fingerprint density at radius 3 is 2.57 bits per heavy atom. The first-order valence-corrected chi connectivity index (χ1v) is 7.06. The number of benzene rings is 2. The maximum absolute atomic E-state index is 11.7. The molecule has 108 valence electrons. The monoisotopic (exact) mass is 302 g/mol. The van der Waals surface area contributed by atoms with Gasteiger partial charge in [0.2, 0.25) is 0 Å². The highest BCUT2D eigenvalue weighted by Crippen LogP contribution is 2.51. The van der Waals surface area contributed by atoms with E-state index in [9.17, 15) is 9.90 Å². The van der Waals surface area contributed by atoms with Crippen molar-refractivity contribution < 1.29 is 14.6 Å². The lowest BCUT2D eigenvalue weighted by Gasteiger charge is -2.35. The molecule has 2 aromatic rings. The number of halogens is 1. The average molecular weight is 303 g/mol. The van der Waals surface area contributed by atoms with Crippen molar-refractivity contribution in [1.82, 2.24) is 0 Å². The van der Waals surface area contributed by atoms with Crippen LogP contribution in [0.1, 0.15) is 36.7 Å². The molecule has 0 amide bonds. The van der Waals surface area contributed by atoms with Crippen molar-refractivity contribution in [3.05, 3.63) is 46.5 Å². The summed E-state index contributed by atoms with van der Waals surface area (Å²) in [5, 5.41) is 10.2. The lowest BCUT2D eigenvalue weighted by molar-refractivity contribution is 0.101. The van der Waals surface area contributed by atoms with Gasteiger partial charge in [0, 0.05) is 11.1 Å². The number of Topliss-reactive ketones (excluding diaryl/α,β-unsaturated/α-hetero) is 1. The van der Waals surface area contributed by atoms with E-state index in [0.717, 1.165) is 16.7 Å². The third kappa shape index (κ3) is 2.00. The van der Waals surface area contributed by atoms with Crippen molar-refractivity contribution in [2.24, 2.45) is 0 Å². The quantitative estimate of drug-likeness (QED) is 0.787. The topological polar surface area (TPSA) is 46.5 Å². The first-order valence-electron chi connectivity index (χ1n) is 6.68. The Bertz CT molecular complexity index is 763. The molecule has 0 saturated heterocycles. The van der Waals surface area contributed by atoms with Gasteiger partial charge in [-0.3, -0.25) is 4.79 Å². The summed E-state index contributed by atoms with van der Waals surface area (Å²) in [4.78, 5) is 11.7. The normalized spacial score (nSPS) is 14.9. The molecule has 0 radical (unpaired) electrons. The van der Waals surface area contributed by atoms with Gasteiger partial charge in [0.15, 0.2) is 11.5 Å². The van der Waals surface area contributed by atoms with E-state index in [2.05, 4.69) is 0 Å². The van der Waals surface area contributed by atoms with Crippen LogP contribution < -0.4 is 4.74 Å². The number of aromatic hydroxyl groups is 1. The van der Waals surface area contributed by atoms with Crippen molar-refractivity contribution in [3.63, 3.8) is 0 Å². The van der Waals surface area contributed by atoms with Crippen molar-refractivity contribution >= 4 is 17.4 Å². The van der Waals surface area contributed by atoms with Crippen LogP contribution >= 0.6 is 11.6 Å².